The first-order chi connectivity index (χ1) is 17.3. The minimum atomic E-state index is -4.53. The zero-order valence-electron chi connectivity index (χ0n) is 19.9. The van der Waals surface area contributed by atoms with E-state index in [1.165, 1.54) is 0 Å². The number of nitrogens with one attached hydrogen (secondary N) is 2. The largest absolute Gasteiger partial charge is 0.497 e. The van der Waals surface area contributed by atoms with Crippen molar-refractivity contribution in [3.63, 3.8) is 0 Å². The molecule has 2 heterocycles. The molecule has 36 heavy (non-hydrogen) atoms. The number of ether oxygens (including phenoxy) is 2. The van der Waals surface area contributed by atoms with E-state index in [1.807, 2.05) is 18.2 Å². The number of hydrogen-bond acceptors (Lipinski definition) is 5. The number of rotatable bonds is 5. The fourth-order valence-corrected chi connectivity index (χ4v) is 5.08. The van der Waals surface area contributed by atoms with Gasteiger partial charge in [-0.1, -0.05) is 24.3 Å². The number of anilines is 1. The molecule has 1 saturated carbocycles. The van der Waals surface area contributed by atoms with Crippen LogP contribution >= 0.6 is 0 Å². The lowest BCUT2D eigenvalue weighted by molar-refractivity contribution is -0.141. The number of aromatic nitrogens is 1. The lowest BCUT2D eigenvalue weighted by Crippen LogP contribution is -2.46. The van der Waals surface area contributed by atoms with Crippen molar-refractivity contribution in [1.29, 1.82) is 0 Å². The molecule has 2 aromatic carbocycles. The standard InChI is InChI=1S/C27H28F3N3O3/c1-35-20-10-9-16-11-17(15-36-24(16)13-20)26(34)32-19-6-4-5-18(12-19)31-23-14-25(27(28,29)30)33-22-8-3-2-7-21(22)23/h2-3,7-10,13-14,17-19H,4-6,11-12,15H2,1H3,(H,31,33)(H,32,34)/t17?,18-,19+/m0/s1. The minimum Gasteiger partial charge on any atom is -0.497 e. The van der Waals surface area contributed by atoms with Gasteiger partial charge >= 0.3 is 6.18 Å². The summed E-state index contributed by atoms with van der Waals surface area (Å²) < 4.78 is 51.3. The van der Waals surface area contributed by atoms with Crippen molar-refractivity contribution in [3.05, 3.63) is 59.8 Å². The van der Waals surface area contributed by atoms with E-state index >= 15 is 0 Å². The number of methoxy groups -OCH3 is 1. The molecule has 0 bridgehead atoms. The molecule has 1 amide bonds. The van der Waals surface area contributed by atoms with E-state index in [1.54, 1.807) is 31.4 Å². The van der Waals surface area contributed by atoms with Gasteiger partial charge in [-0.15, -0.1) is 0 Å². The highest BCUT2D eigenvalue weighted by Gasteiger charge is 2.34. The van der Waals surface area contributed by atoms with Crippen LogP contribution in [-0.2, 0) is 17.4 Å². The Hall–Kier alpha value is -3.49. The Kier molecular flexibility index (Phi) is 6.64. The monoisotopic (exact) mass is 499 g/mol. The third-order valence-corrected chi connectivity index (χ3v) is 6.94. The van der Waals surface area contributed by atoms with Crippen molar-refractivity contribution < 1.29 is 27.4 Å². The fourth-order valence-electron chi connectivity index (χ4n) is 5.08. The molecule has 190 valence electrons. The van der Waals surface area contributed by atoms with Crippen molar-refractivity contribution >= 4 is 22.5 Å². The van der Waals surface area contributed by atoms with E-state index in [4.69, 9.17) is 9.47 Å². The summed E-state index contributed by atoms with van der Waals surface area (Å²) in [6.07, 6.45) is -0.812. The van der Waals surface area contributed by atoms with Gasteiger partial charge in [-0.25, -0.2) is 4.98 Å². The van der Waals surface area contributed by atoms with Crippen LogP contribution < -0.4 is 20.1 Å². The fraction of sp³-hybridized carbons (Fsp3) is 0.407. The maximum atomic E-state index is 13.4. The number of amides is 1. The summed E-state index contributed by atoms with van der Waals surface area (Å²) >= 11 is 0. The molecule has 3 aromatic rings. The van der Waals surface area contributed by atoms with Gasteiger partial charge in [0.2, 0.25) is 5.91 Å². The molecule has 6 nitrogen and oxygen atoms in total. The van der Waals surface area contributed by atoms with Crippen LogP contribution in [0.15, 0.2) is 48.5 Å². The van der Waals surface area contributed by atoms with Crippen LogP contribution in [0.25, 0.3) is 10.9 Å². The van der Waals surface area contributed by atoms with Gasteiger partial charge in [-0.2, -0.15) is 13.2 Å². The highest BCUT2D eigenvalue weighted by atomic mass is 19.4. The predicted octanol–water partition coefficient (Wildman–Crippen LogP) is 5.35. The average Bonchev–Trinajstić information content (AvgIpc) is 2.87. The van der Waals surface area contributed by atoms with Gasteiger partial charge in [-0.3, -0.25) is 4.79 Å². The van der Waals surface area contributed by atoms with Crippen molar-refractivity contribution in [2.75, 3.05) is 19.0 Å². The Bertz CT molecular complexity index is 1260. The molecule has 0 spiro atoms. The van der Waals surface area contributed by atoms with Crippen LogP contribution in [0, 0.1) is 5.92 Å². The molecule has 1 aromatic heterocycles. The van der Waals surface area contributed by atoms with E-state index in [0.29, 0.717) is 41.8 Å². The topological polar surface area (TPSA) is 72.5 Å². The molecule has 1 unspecified atom stereocenters. The molecule has 5 rings (SSSR count). The smallest absolute Gasteiger partial charge is 0.433 e. The Morgan fingerprint density at radius 2 is 1.92 bits per heavy atom. The van der Waals surface area contributed by atoms with Crippen molar-refractivity contribution in [3.8, 4) is 11.5 Å². The molecule has 1 aliphatic carbocycles. The normalized spacial score (nSPS) is 21.8. The lowest BCUT2D eigenvalue weighted by Gasteiger charge is -2.33. The first kappa shape index (κ1) is 24.2. The molecule has 0 radical (unpaired) electrons. The highest BCUT2D eigenvalue weighted by Crippen LogP contribution is 2.35. The number of carbonyl (C=O) groups is 1. The van der Waals surface area contributed by atoms with Crippen LogP contribution in [0.2, 0.25) is 0 Å². The Morgan fingerprint density at radius 1 is 1.11 bits per heavy atom. The number of carbonyl (C=O) groups excluding carboxylic acids is 1. The highest BCUT2D eigenvalue weighted by molar-refractivity contribution is 5.91. The first-order valence-corrected chi connectivity index (χ1v) is 12.1. The summed E-state index contributed by atoms with van der Waals surface area (Å²) in [6.45, 7) is 0.295. The van der Waals surface area contributed by atoms with Gasteiger partial charge in [0.1, 0.15) is 23.8 Å². The van der Waals surface area contributed by atoms with E-state index in [9.17, 15) is 18.0 Å². The SMILES string of the molecule is COc1ccc2c(c1)OCC(C(=O)N[C@@H]1CCC[C@H](Nc3cc(C(F)(F)F)nc4ccccc34)C1)C2. The molecule has 9 heteroatoms. The molecule has 2 aliphatic rings. The van der Waals surface area contributed by atoms with Gasteiger partial charge < -0.3 is 20.1 Å². The van der Waals surface area contributed by atoms with Gasteiger partial charge in [0, 0.05) is 29.2 Å². The Balaban J connectivity index is 1.25. The second-order valence-electron chi connectivity index (χ2n) is 9.47. The van der Waals surface area contributed by atoms with E-state index < -0.39 is 11.9 Å². The van der Waals surface area contributed by atoms with Gasteiger partial charge in [0.25, 0.3) is 0 Å². The summed E-state index contributed by atoms with van der Waals surface area (Å²) in [6, 6.07) is 13.4. The number of pyridine rings is 1. The zero-order valence-corrected chi connectivity index (χ0v) is 19.9. The zero-order chi connectivity index (χ0) is 25.3. The second kappa shape index (κ2) is 9.87. The number of nitrogens with zero attached hydrogens (tertiary/aromatic N) is 1. The Morgan fingerprint density at radius 3 is 2.72 bits per heavy atom. The molecule has 1 fully saturated rings. The van der Waals surface area contributed by atoms with Gasteiger partial charge in [-0.05, 0) is 55.9 Å². The van der Waals surface area contributed by atoms with E-state index in [0.717, 1.165) is 36.6 Å². The number of benzene rings is 2. The quantitative estimate of drug-likeness (QED) is 0.495. The van der Waals surface area contributed by atoms with Crippen molar-refractivity contribution in [2.24, 2.45) is 5.92 Å². The predicted molar refractivity (Wildman–Crippen MR) is 130 cm³/mol. The van der Waals surface area contributed by atoms with Crippen LogP contribution in [-0.4, -0.2) is 36.7 Å². The van der Waals surface area contributed by atoms with Gasteiger partial charge in [0.05, 0.1) is 18.5 Å². The maximum absolute atomic E-state index is 13.4. The summed E-state index contributed by atoms with van der Waals surface area (Å²) in [5.41, 5.74) is 0.762. The molecular formula is C27H28F3N3O3. The number of para-hydroxylation sites is 1. The molecular weight excluding hydrogens is 471 g/mol. The van der Waals surface area contributed by atoms with E-state index in [-0.39, 0.29) is 23.9 Å². The average molecular weight is 500 g/mol. The molecule has 1 aliphatic heterocycles. The third-order valence-electron chi connectivity index (χ3n) is 6.94. The summed E-state index contributed by atoms with van der Waals surface area (Å²) in [7, 11) is 1.60. The van der Waals surface area contributed by atoms with Crippen molar-refractivity contribution in [2.45, 2.75) is 50.4 Å². The van der Waals surface area contributed by atoms with Crippen LogP contribution in [0.3, 0.4) is 0 Å². The van der Waals surface area contributed by atoms with Crippen LogP contribution in [0.5, 0.6) is 11.5 Å². The van der Waals surface area contributed by atoms with Crippen molar-refractivity contribution in [1.82, 2.24) is 10.3 Å². The number of fused-ring (bicyclic) bond motifs is 2. The second-order valence-corrected chi connectivity index (χ2v) is 9.47. The molecule has 3 atom stereocenters. The summed E-state index contributed by atoms with van der Waals surface area (Å²) in [5.74, 6) is 1.10. The Labute approximate surface area is 207 Å². The van der Waals surface area contributed by atoms with Crippen LogP contribution in [0.4, 0.5) is 18.9 Å². The maximum Gasteiger partial charge on any atom is 0.433 e. The number of hydrogen-bond donors (Lipinski definition) is 2. The summed E-state index contributed by atoms with van der Waals surface area (Å²) in [5, 5.41) is 7.11. The number of alkyl halides is 3. The summed E-state index contributed by atoms with van der Waals surface area (Å²) in [4.78, 5) is 16.8. The number of halogens is 3. The van der Waals surface area contributed by atoms with Crippen LogP contribution in [0.1, 0.15) is 36.9 Å². The minimum absolute atomic E-state index is 0.0591. The first-order valence-electron chi connectivity index (χ1n) is 12.1. The molecule has 0 saturated heterocycles. The molecule has 2 N–H and O–H groups in total. The third kappa shape index (κ3) is 5.20. The van der Waals surface area contributed by atoms with Gasteiger partial charge in [0.15, 0.2) is 0 Å². The lowest BCUT2D eigenvalue weighted by atomic mass is 9.89. The van der Waals surface area contributed by atoms with E-state index in [2.05, 4.69) is 15.6 Å².